The normalized spacial score (nSPS) is 11.1. The fourth-order valence-electron chi connectivity index (χ4n) is 2.07. The third-order valence-electron chi connectivity index (χ3n) is 3.08. The molecule has 0 saturated carbocycles. The van der Waals surface area contributed by atoms with Gasteiger partial charge in [0.2, 0.25) is 0 Å². The van der Waals surface area contributed by atoms with E-state index in [4.69, 9.17) is 23.8 Å². The van der Waals surface area contributed by atoms with Crippen molar-refractivity contribution in [2.24, 2.45) is 0 Å². The van der Waals surface area contributed by atoms with Crippen molar-refractivity contribution in [2.75, 3.05) is 0 Å². The number of rotatable bonds is 1. The summed E-state index contributed by atoms with van der Waals surface area (Å²) in [4.78, 5) is 2.89. The highest BCUT2D eigenvalue weighted by molar-refractivity contribution is 7.71. The number of halogens is 2. The predicted octanol–water partition coefficient (Wildman–Crippen LogP) is 4.79. The van der Waals surface area contributed by atoms with Gasteiger partial charge in [0.25, 0.3) is 0 Å². The highest BCUT2D eigenvalue weighted by atomic mass is 35.5. The van der Waals surface area contributed by atoms with Crippen LogP contribution in [0.5, 0.6) is 0 Å². The van der Waals surface area contributed by atoms with Crippen LogP contribution in [0.15, 0.2) is 36.4 Å². The first-order valence-electron chi connectivity index (χ1n) is 5.73. The van der Waals surface area contributed by atoms with E-state index in [0.717, 1.165) is 11.3 Å². The van der Waals surface area contributed by atoms with E-state index in [-0.39, 0.29) is 5.82 Å². The topological polar surface area (TPSA) is 20.7 Å². The molecule has 1 heterocycles. The minimum Gasteiger partial charge on any atom is -0.328 e. The molecule has 2 nitrogen and oxygen atoms in total. The minimum atomic E-state index is -0.319. The van der Waals surface area contributed by atoms with Crippen LogP contribution in [0.3, 0.4) is 0 Å². The Morgan fingerprint density at radius 1 is 1.26 bits per heavy atom. The Kier molecular flexibility index (Phi) is 2.92. The van der Waals surface area contributed by atoms with Gasteiger partial charge < -0.3 is 4.98 Å². The van der Waals surface area contributed by atoms with Gasteiger partial charge in [0, 0.05) is 10.7 Å². The maximum absolute atomic E-state index is 13.7. The molecule has 0 radical (unpaired) electrons. The number of para-hydroxylation sites is 1. The van der Waals surface area contributed by atoms with Gasteiger partial charge in [-0.15, -0.1) is 0 Å². The smallest absolute Gasteiger partial charge is 0.182 e. The summed E-state index contributed by atoms with van der Waals surface area (Å²) in [6, 6.07) is 10.5. The molecule has 19 heavy (non-hydrogen) atoms. The second kappa shape index (κ2) is 4.47. The number of aromatic amines is 1. The minimum absolute atomic E-state index is 0.319. The van der Waals surface area contributed by atoms with Gasteiger partial charge in [-0.2, -0.15) is 0 Å². The summed E-state index contributed by atoms with van der Waals surface area (Å²) in [5.74, 6) is -0.319. The Morgan fingerprint density at radius 3 is 2.79 bits per heavy atom. The van der Waals surface area contributed by atoms with Crippen molar-refractivity contribution >= 4 is 34.9 Å². The Hall–Kier alpha value is -1.65. The molecule has 0 fully saturated rings. The zero-order valence-corrected chi connectivity index (χ0v) is 11.6. The fraction of sp³-hybridized carbons (Fsp3) is 0.0714. The molecule has 1 N–H and O–H groups in total. The highest BCUT2D eigenvalue weighted by Crippen LogP contribution is 2.25. The molecule has 3 aromatic rings. The SMILES string of the molecule is Cc1ccc(-n2c(=S)[nH]c3c(F)cccc32)cc1Cl. The monoisotopic (exact) mass is 292 g/mol. The molecule has 0 aliphatic carbocycles. The summed E-state index contributed by atoms with van der Waals surface area (Å²) in [6.45, 7) is 1.93. The Bertz CT molecular complexity index is 835. The molecule has 0 saturated heterocycles. The third kappa shape index (κ3) is 1.97. The van der Waals surface area contributed by atoms with Crippen molar-refractivity contribution in [2.45, 2.75) is 6.92 Å². The van der Waals surface area contributed by atoms with Crippen LogP contribution in [0, 0.1) is 17.5 Å². The molecule has 0 aliphatic rings. The lowest BCUT2D eigenvalue weighted by Gasteiger charge is -2.06. The van der Waals surface area contributed by atoms with Gasteiger partial charge in [-0.05, 0) is 49.0 Å². The lowest BCUT2D eigenvalue weighted by molar-refractivity contribution is 0.637. The first-order valence-corrected chi connectivity index (χ1v) is 6.52. The molecule has 3 rings (SSSR count). The lowest BCUT2D eigenvalue weighted by atomic mass is 10.2. The number of fused-ring (bicyclic) bond motifs is 1. The van der Waals surface area contributed by atoms with Crippen LogP contribution in [0.25, 0.3) is 16.7 Å². The van der Waals surface area contributed by atoms with Crippen molar-refractivity contribution < 1.29 is 4.39 Å². The first-order chi connectivity index (χ1) is 9.08. The van der Waals surface area contributed by atoms with Crippen LogP contribution in [-0.4, -0.2) is 9.55 Å². The summed E-state index contributed by atoms with van der Waals surface area (Å²) in [5, 5.41) is 0.658. The third-order valence-corrected chi connectivity index (χ3v) is 3.77. The van der Waals surface area contributed by atoms with Crippen LogP contribution >= 0.6 is 23.8 Å². The van der Waals surface area contributed by atoms with Crippen LogP contribution in [-0.2, 0) is 0 Å². The summed E-state index contributed by atoms with van der Waals surface area (Å²) < 4.78 is 15.9. The Morgan fingerprint density at radius 2 is 2.05 bits per heavy atom. The van der Waals surface area contributed by atoms with Crippen LogP contribution in [0.4, 0.5) is 4.39 Å². The predicted molar refractivity (Wildman–Crippen MR) is 78.2 cm³/mol. The van der Waals surface area contributed by atoms with Crippen molar-refractivity contribution in [1.29, 1.82) is 0 Å². The van der Waals surface area contributed by atoms with Crippen LogP contribution < -0.4 is 0 Å². The van der Waals surface area contributed by atoms with Gasteiger partial charge in [-0.3, -0.25) is 4.57 Å². The second-order valence-corrected chi connectivity index (χ2v) is 5.13. The molecule has 0 atom stereocenters. The van der Waals surface area contributed by atoms with E-state index in [1.54, 1.807) is 10.6 Å². The molecule has 1 aromatic heterocycles. The van der Waals surface area contributed by atoms with E-state index >= 15 is 0 Å². The lowest BCUT2D eigenvalue weighted by Crippen LogP contribution is -1.94. The molecule has 0 bridgehead atoms. The number of H-pyrrole nitrogens is 1. The van der Waals surface area contributed by atoms with Gasteiger partial charge in [-0.25, -0.2) is 4.39 Å². The molecule has 96 valence electrons. The van der Waals surface area contributed by atoms with Crippen LogP contribution in [0.1, 0.15) is 5.56 Å². The number of hydrogen-bond acceptors (Lipinski definition) is 1. The molecular formula is C14H10ClFN2S. The van der Waals surface area contributed by atoms with E-state index in [2.05, 4.69) is 4.98 Å². The van der Waals surface area contributed by atoms with Gasteiger partial charge in [0.05, 0.1) is 5.52 Å². The van der Waals surface area contributed by atoms with Crippen molar-refractivity contribution in [1.82, 2.24) is 9.55 Å². The highest BCUT2D eigenvalue weighted by Gasteiger charge is 2.10. The number of imidazole rings is 1. The molecule has 0 aliphatic heterocycles. The molecular weight excluding hydrogens is 283 g/mol. The first kappa shape index (κ1) is 12.4. The number of nitrogens with zero attached hydrogens (tertiary/aromatic N) is 1. The molecule has 0 spiro atoms. The quantitative estimate of drug-likeness (QED) is 0.640. The maximum Gasteiger partial charge on any atom is 0.182 e. The zero-order valence-electron chi connectivity index (χ0n) is 10.1. The molecule has 0 unspecified atom stereocenters. The molecule has 2 aromatic carbocycles. The van der Waals surface area contributed by atoms with Crippen molar-refractivity contribution in [3.63, 3.8) is 0 Å². The number of hydrogen-bond donors (Lipinski definition) is 1. The van der Waals surface area contributed by atoms with E-state index in [1.165, 1.54) is 6.07 Å². The molecule has 0 amide bonds. The number of nitrogens with one attached hydrogen (secondary N) is 1. The summed E-state index contributed by atoms with van der Waals surface area (Å²) in [6.07, 6.45) is 0. The maximum atomic E-state index is 13.7. The summed E-state index contributed by atoms with van der Waals surface area (Å²) in [7, 11) is 0. The Labute approximate surface area is 119 Å². The number of aryl methyl sites for hydroxylation is 1. The average molecular weight is 293 g/mol. The number of benzene rings is 2. The van der Waals surface area contributed by atoms with E-state index in [1.807, 2.05) is 31.2 Å². The zero-order chi connectivity index (χ0) is 13.6. The van der Waals surface area contributed by atoms with E-state index in [9.17, 15) is 4.39 Å². The largest absolute Gasteiger partial charge is 0.328 e. The van der Waals surface area contributed by atoms with Gasteiger partial charge in [0.1, 0.15) is 11.3 Å². The van der Waals surface area contributed by atoms with Gasteiger partial charge >= 0.3 is 0 Å². The van der Waals surface area contributed by atoms with Gasteiger partial charge in [0.15, 0.2) is 4.77 Å². The average Bonchev–Trinajstić information content (AvgIpc) is 2.71. The van der Waals surface area contributed by atoms with Crippen LogP contribution in [0.2, 0.25) is 5.02 Å². The standard InChI is InChI=1S/C14H10ClFN2S/c1-8-5-6-9(7-10(8)15)18-12-4-2-3-11(16)13(12)17-14(18)19/h2-7H,1H3,(H,17,19). The Balaban J connectivity index is 2.36. The summed E-state index contributed by atoms with van der Waals surface area (Å²) >= 11 is 11.4. The van der Waals surface area contributed by atoms with Crippen molar-refractivity contribution in [3.05, 3.63) is 57.6 Å². The fourth-order valence-corrected chi connectivity index (χ4v) is 2.55. The van der Waals surface area contributed by atoms with E-state index < -0.39 is 0 Å². The van der Waals surface area contributed by atoms with Crippen molar-refractivity contribution in [3.8, 4) is 5.69 Å². The second-order valence-electron chi connectivity index (χ2n) is 4.33. The summed E-state index contributed by atoms with van der Waals surface area (Å²) in [5.41, 5.74) is 2.91. The van der Waals surface area contributed by atoms with Gasteiger partial charge in [-0.1, -0.05) is 23.7 Å². The van der Waals surface area contributed by atoms with E-state index in [0.29, 0.717) is 20.8 Å². The number of aromatic nitrogens is 2. The molecule has 5 heteroatoms.